The van der Waals surface area contributed by atoms with Gasteiger partial charge < -0.3 is 10.5 Å². The summed E-state index contributed by atoms with van der Waals surface area (Å²) in [5.41, 5.74) is 6.85. The molecule has 2 N–H and O–H groups in total. The second-order valence-electron chi connectivity index (χ2n) is 3.42. The summed E-state index contributed by atoms with van der Waals surface area (Å²) in [7, 11) is 0. The summed E-state index contributed by atoms with van der Waals surface area (Å²) in [4.78, 5) is 0. The fourth-order valence-electron chi connectivity index (χ4n) is 1.11. The molecule has 1 rings (SSSR count). The van der Waals surface area contributed by atoms with E-state index in [1.54, 1.807) is 6.08 Å². The highest BCUT2D eigenvalue weighted by atomic mass is 16.5. The van der Waals surface area contributed by atoms with E-state index in [2.05, 4.69) is 6.58 Å². The molecule has 0 amide bonds. The Morgan fingerprint density at radius 3 is 2.29 bits per heavy atom. The van der Waals surface area contributed by atoms with Gasteiger partial charge in [-0.3, -0.25) is 0 Å². The molecule has 2 heteroatoms. The molecule has 0 fully saturated rings. The smallest absolute Gasteiger partial charge is 0.120 e. The Labute approximate surface area is 85.4 Å². The van der Waals surface area contributed by atoms with Gasteiger partial charge in [-0.25, -0.2) is 0 Å². The molecular formula is C12H17NO. The Balaban J connectivity index is 2.68. The Kier molecular flexibility index (Phi) is 3.72. The first-order valence-corrected chi connectivity index (χ1v) is 4.78. The number of benzene rings is 1. The number of ether oxygens (including phenoxy) is 1. The Hall–Kier alpha value is -1.28. The van der Waals surface area contributed by atoms with Gasteiger partial charge >= 0.3 is 0 Å². The highest BCUT2D eigenvalue weighted by Gasteiger charge is 2.01. The normalized spacial score (nSPS) is 14.5. The van der Waals surface area contributed by atoms with E-state index in [4.69, 9.17) is 10.5 Å². The van der Waals surface area contributed by atoms with E-state index in [9.17, 15) is 0 Å². The molecule has 1 aromatic carbocycles. The number of hydrogen-bond donors (Lipinski definition) is 1. The molecule has 0 saturated carbocycles. The van der Waals surface area contributed by atoms with Crippen LogP contribution >= 0.6 is 0 Å². The van der Waals surface area contributed by atoms with Crippen molar-refractivity contribution in [2.24, 2.45) is 5.73 Å². The third kappa shape index (κ3) is 2.89. The van der Waals surface area contributed by atoms with Crippen LogP contribution < -0.4 is 10.5 Å². The molecule has 0 aliphatic heterocycles. The number of rotatable bonds is 4. The van der Waals surface area contributed by atoms with E-state index in [0.717, 1.165) is 11.3 Å². The molecule has 0 bridgehead atoms. The summed E-state index contributed by atoms with van der Waals surface area (Å²) in [5, 5.41) is 0. The molecule has 0 saturated heterocycles. The quantitative estimate of drug-likeness (QED) is 0.742. The minimum absolute atomic E-state index is 0.0381. The van der Waals surface area contributed by atoms with Crippen LogP contribution in [0.3, 0.4) is 0 Å². The predicted octanol–water partition coefficient (Wildman–Crippen LogP) is 2.66. The highest BCUT2D eigenvalue weighted by molar-refractivity contribution is 5.29. The van der Waals surface area contributed by atoms with Gasteiger partial charge in [0.1, 0.15) is 11.9 Å². The van der Waals surface area contributed by atoms with Crippen LogP contribution in [0.1, 0.15) is 25.5 Å². The first-order chi connectivity index (χ1) is 6.63. The van der Waals surface area contributed by atoms with E-state index < -0.39 is 0 Å². The predicted molar refractivity (Wildman–Crippen MR) is 59.3 cm³/mol. The molecule has 2 nitrogen and oxygen atoms in total. The molecule has 0 aliphatic rings. The summed E-state index contributed by atoms with van der Waals surface area (Å²) in [6.07, 6.45) is 1.80. The van der Waals surface area contributed by atoms with Crippen molar-refractivity contribution in [3.8, 4) is 5.75 Å². The van der Waals surface area contributed by atoms with Gasteiger partial charge in [-0.05, 0) is 31.5 Å². The van der Waals surface area contributed by atoms with Crippen molar-refractivity contribution in [1.82, 2.24) is 0 Å². The van der Waals surface area contributed by atoms with Crippen LogP contribution in [0.5, 0.6) is 5.75 Å². The monoisotopic (exact) mass is 191 g/mol. The molecule has 2 unspecified atom stereocenters. The van der Waals surface area contributed by atoms with Gasteiger partial charge in [0.15, 0.2) is 0 Å². The maximum atomic E-state index is 5.73. The molecule has 0 aromatic heterocycles. The molecular weight excluding hydrogens is 174 g/mol. The van der Waals surface area contributed by atoms with Crippen LogP contribution in [0.4, 0.5) is 0 Å². The molecule has 0 spiro atoms. The fourth-order valence-corrected chi connectivity index (χ4v) is 1.11. The lowest BCUT2D eigenvalue weighted by Gasteiger charge is -2.11. The van der Waals surface area contributed by atoms with Gasteiger partial charge in [0.05, 0.1) is 0 Å². The largest absolute Gasteiger partial charge is 0.487 e. The topological polar surface area (TPSA) is 35.2 Å². The third-order valence-corrected chi connectivity index (χ3v) is 2.06. The molecule has 76 valence electrons. The van der Waals surface area contributed by atoms with Gasteiger partial charge in [-0.1, -0.05) is 24.8 Å². The van der Waals surface area contributed by atoms with Crippen LogP contribution in [0.2, 0.25) is 0 Å². The van der Waals surface area contributed by atoms with Crippen LogP contribution in [0.15, 0.2) is 36.9 Å². The van der Waals surface area contributed by atoms with Crippen molar-refractivity contribution in [3.05, 3.63) is 42.5 Å². The number of nitrogens with two attached hydrogens (primary N) is 1. The molecule has 1 aromatic rings. The maximum Gasteiger partial charge on any atom is 0.120 e. The van der Waals surface area contributed by atoms with E-state index in [1.165, 1.54) is 0 Å². The fraction of sp³-hybridized carbons (Fsp3) is 0.333. The zero-order chi connectivity index (χ0) is 10.6. The van der Waals surface area contributed by atoms with Crippen LogP contribution in [-0.4, -0.2) is 6.10 Å². The zero-order valence-corrected chi connectivity index (χ0v) is 8.73. The van der Waals surface area contributed by atoms with Crippen LogP contribution in [0.25, 0.3) is 0 Å². The Morgan fingerprint density at radius 1 is 1.29 bits per heavy atom. The lowest BCUT2D eigenvalue weighted by atomic mass is 10.1. The van der Waals surface area contributed by atoms with E-state index >= 15 is 0 Å². The van der Waals surface area contributed by atoms with E-state index in [-0.39, 0.29) is 12.1 Å². The molecule has 0 heterocycles. The molecule has 2 atom stereocenters. The minimum Gasteiger partial charge on any atom is -0.487 e. The summed E-state index contributed by atoms with van der Waals surface area (Å²) in [6.45, 7) is 7.57. The average molecular weight is 191 g/mol. The molecule has 14 heavy (non-hydrogen) atoms. The SMILES string of the molecule is C=CC(C)Oc1ccc(C(C)N)cc1. The highest BCUT2D eigenvalue weighted by Crippen LogP contribution is 2.17. The van der Waals surface area contributed by atoms with Crippen molar-refractivity contribution in [1.29, 1.82) is 0 Å². The molecule has 0 radical (unpaired) electrons. The summed E-state index contributed by atoms with van der Waals surface area (Å²) in [5.74, 6) is 0.849. The second kappa shape index (κ2) is 4.82. The van der Waals surface area contributed by atoms with Gasteiger partial charge in [0.2, 0.25) is 0 Å². The lowest BCUT2D eigenvalue weighted by molar-refractivity contribution is 0.270. The third-order valence-electron chi connectivity index (χ3n) is 2.06. The van der Waals surface area contributed by atoms with Crippen molar-refractivity contribution < 1.29 is 4.74 Å². The second-order valence-corrected chi connectivity index (χ2v) is 3.42. The zero-order valence-electron chi connectivity index (χ0n) is 8.73. The first-order valence-electron chi connectivity index (χ1n) is 4.78. The van der Waals surface area contributed by atoms with Gasteiger partial charge in [0, 0.05) is 6.04 Å². The van der Waals surface area contributed by atoms with Gasteiger partial charge in [-0.2, -0.15) is 0 Å². The van der Waals surface area contributed by atoms with Gasteiger partial charge in [0.25, 0.3) is 0 Å². The summed E-state index contributed by atoms with van der Waals surface area (Å²) >= 11 is 0. The van der Waals surface area contributed by atoms with Crippen molar-refractivity contribution in [3.63, 3.8) is 0 Å². The van der Waals surface area contributed by atoms with Crippen molar-refractivity contribution in [2.45, 2.75) is 26.0 Å². The molecule has 0 aliphatic carbocycles. The van der Waals surface area contributed by atoms with Crippen molar-refractivity contribution >= 4 is 0 Å². The average Bonchev–Trinajstić information content (AvgIpc) is 2.18. The minimum atomic E-state index is 0.0381. The summed E-state index contributed by atoms with van der Waals surface area (Å²) < 4.78 is 5.54. The van der Waals surface area contributed by atoms with Crippen LogP contribution in [0, 0.1) is 0 Å². The van der Waals surface area contributed by atoms with E-state index in [1.807, 2.05) is 38.1 Å². The number of hydrogen-bond acceptors (Lipinski definition) is 2. The van der Waals surface area contributed by atoms with Crippen LogP contribution in [-0.2, 0) is 0 Å². The van der Waals surface area contributed by atoms with Gasteiger partial charge in [-0.15, -0.1) is 0 Å². The first kappa shape index (κ1) is 10.8. The lowest BCUT2D eigenvalue weighted by Crippen LogP contribution is -2.08. The Bertz CT molecular complexity index is 290. The Morgan fingerprint density at radius 2 is 1.86 bits per heavy atom. The summed E-state index contributed by atoms with van der Waals surface area (Å²) in [6, 6.07) is 7.89. The van der Waals surface area contributed by atoms with E-state index in [0.29, 0.717) is 0 Å². The standard InChI is InChI=1S/C12H17NO/c1-4-9(2)14-12-7-5-11(6-8-12)10(3)13/h4-10H,1,13H2,2-3H3. The maximum absolute atomic E-state index is 5.73. The van der Waals surface area contributed by atoms with Crippen molar-refractivity contribution in [2.75, 3.05) is 0 Å².